The molecule has 0 bridgehead atoms. The number of fused-ring (bicyclic) bond motifs is 1. The lowest BCUT2D eigenvalue weighted by atomic mass is 9.93. The van der Waals surface area contributed by atoms with E-state index in [1.165, 1.54) is 74.5 Å². The zero-order valence-electron chi connectivity index (χ0n) is 22.5. The van der Waals surface area contributed by atoms with E-state index >= 15 is 0 Å². The number of thioether (sulfide) groups is 1. The van der Waals surface area contributed by atoms with E-state index in [9.17, 15) is 14.7 Å². The molecule has 0 radical (unpaired) electrons. The van der Waals surface area contributed by atoms with E-state index in [0.717, 1.165) is 58.8 Å². The zero-order chi connectivity index (χ0) is 26.2. The number of hydrogen-bond donors (Lipinski definition) is 2. The molecule has 1 aromatic heterocycles. The summed E-state index contributed by atoms with van der Waals surface area (Å²) in [5, 5.41) is 12.2. The number of carbonyl (C=O) groups excluding carboxylic acids is 1. The van der Waals surface area contributed by atoms with Gasteiger partial charge in [-0.05, 0) is 37.5 Å². The fourth-order valence-electron chi connectivity index (χ4n) is 4.42. The van der Waals surface area contributed by atoms with Crippen molar-refractivity contribution in [2.45, 2.75) is 127 Å². The third kappa shape index (κ3) is 11.2. The average molecular weight is 535 g/mol. The number of anilines is 1. The SMILES string of the molecule is CCCCCCCCC(CCCCCC)C(=O)Nc1ccc2nc(SC(CCCC)C(=O)O)sc2c1. The van der Waals surface area contributed by atoms with Crippen LogP contribution in [0.25, 0.3) is 10.2 Å². The Hall–Kier alpha value is -1.60. The van der Waals surface area contributed by atoms with E-state index < -0.39 is 11.2 Å². The molecule has 1 amide bonds. The van der Waals surface area contributed by atoms with Crippen LogP contribution >= 0.6 is 23.1 Å². The molecule has 0 spiro atoms. The zero-order valence-corrected chi connectivity index (χ0v) is 24.2. The van der Waals surface area contributed by atoms with Gasteiger partial charge in [-0.15, -0.1) is 11.3 Å². The second kappa shape index (κ2) is 17.8. The predicted molar refractivity (Wildman–Crippen MR) is 155 cm³/mol. The lowest BCUT2D eigenvalue weighted by molar-refractivity contribution is -0.136. The van der Waals surface area contributed by atoms with Crippen LogP contribution in [-0.4, -0.2) is 27.2 Å². The maximum Gasteiger partial charge on any atom is 0.317 e. The first-order valence-electron chi connectivity index (χ1n) is 14.1. The van der Waals surface area contributed by atoms with Gasteiger partial charge in [0.25, 0.3) is 0 Å². The number of rotatable bonds is 20. The van der Waals surface area contributed by atoms with Gasteiger partial charge < -0.3 is 10.4 Å². The second-order valence-electron chi connectivity index (χ2n) is 9.84. The van der Waals surface area contributed by atoms with E-state index in [0.29, 0.717) is 6.42 Å². The van der Waals surface area contributed by atoms with Crippen LogP contribution in [0.4, 0.5) is 5.69 Å². The number of carboxylic acids is 1. The maximum atomic E-state index is 13.2. The van der Waals surface area contributed by atoms with E-state index in [-0.39, 0.29) is 11.8 Å². The third-order valence-electron chi connectivity index (χ3n) is 6.66. The van der Waals surface area contributed by atoms with Gasteiger partial charge in [-0.25, -0.2) is 4.98 Å². The molecule has 1 heterocycles. The number of unbranched alkanes of at least 4 members (excludes halogenated alkanes) is 9. The summed E-state index contributed by atoms with van der Waals surface area (Å²) in [5.74, 6) is -0.591. The van der Waals surface area contributed by atoms with Gasteiger partial charge in [0.2, 0.25) is 5.91 Å². The highest BCUT2D eigenvalue weighted by atomic mass is 32.2. The van der Waals surface area contributed by atoms with Crippen LogP contribution in [-0.2, 0) is 9.59 Å². The van der Waals surface area contributed by atoms with Crippen LogP contribution in [0.5, 0.6) is 0 Å². The Labute approximate surface area is 226 Å². The van der Waals surface area contributed by atoms with Crippen molar-refractivity contribution < 1.29 is 14.7 Å². The monoisotopic (exact) mass is 534 g/mol. The molecule has 0 aliphatic rings. The Morgan fingerprint density at radius 3 is 2.14 bits per heavy atom. The van der Waals surface area contributed by atoms with Crippen molar-refractivity contribution in [1.29, 1.82) is 0 Å². The van der Waals surface area contributed by atoms with Crippen LogP contribution in [0, 0.1) is 5.92 Å². The van der Waals surface area contributed by atoms with Gasteiger partial charge in [-0.1, -0.05) is 110 Å². The van der Waals surface area contributed by atoms with Crippen molar-refractivity contribution in [2.24, 2.45) is 5.92 Å². The van der Waals surface area contributed by atoms with E-state index in [2.05, 4.69) is 31.1 Å². The molecule has 2 rings (SSSR count). The molecule has 1 aromatic carbocycles. The number of nitrogens with one attached hydrogen (secondary N) is 1. The number of amides is 1. The summed E-state index contributed by atoms with van der Waals surface area (Å²) in [5.41, 5.74) is 1.65. The molecule has 5 nitrogen and oxygen atoms in total. The first-order chi connectivity index (χ1) is 17.5. The molecule has 2 atom stereocenters. The van der Waals surface area contributed by atoms with Crippen molar-refractivity contribution >= 4 is 50.9 Å². The average Bonchev–Trinajstić information content (AvgIpc) is 3.26. The lowest BCUT2D eigenvalue weighted by Gasteiger charge is -2.17. The van der Waals surface area contributed by atoms with Crippen LogP contribution < -0.4 is 5.32 Å². The molecule has 0 saturated carbocycles. The lowest BCUT2D eigenvalue weighted by Crippen LogP contribution is -2.23. The molecule has 0 saturated heterocycles. The van der Waals surface area contributed by atoms with Gasteiger partial charge in [-0.3, -0.25) is 9.59 Å². The van der Waals surface area contributed by atoms with Crippen LogP contribution in [0.1, 0.15) is 117 Å². The Morgan fingerprint density at radius 1 is 0.889 bits per heavy atom. The molecule has 2 aromatic rings. The van der Waals surface area contributed by atoms with Gasteiger partial charge in [0.1, 0.15) is 5.25 Å². The van der Waals surface area contributed by atoms with Crippen molar-refractivity contribution in [3.63, 3.8) is 0 Å². The van der Waals surface area contributed by atoms with Crippen molar-refractivity contribution in [2.75, 3.05) is 5.32 Å². The molecule has 202 valence electrons. The number of aliphatic carboxylic acids is 1. The predicted octanol–water partition coefficient (Wildman–Crippen LogP) is 9.31. The number of aromatic nitrogens is 1. The number of carbonyl (C=O) groups is 2. The summed E-state index contributed by atoms with van der Waals surface area (Å²) in [6, 6.07) is 5.83. The van der Waals surface area contributed by atoms with Gasteiger partial charge in [0, 0.05) is 11.6 Å². The van der Waals surface area contributed by atoms with E-state index in [4.69, 9.17) is 0 Å². The highest BCUT2D eigenvalue weighted by Crippen LogP contribution is 2.35. The van der Waals surface area contributed by atoms with Crippen LogP contribution in [0.15, 0.2) is 22.5 Å². The summed E-state index contributed by atoms with van der Waals surface area (Å²) < 4.78 is 1.75. The minimum atomic E-state index is -0.781. The quantitative estimate of drug-likeness (QED) is 0.131. The topological polar surface area (TPSA) is 79.3 Å². The molecule has 2 N–H and O–H groups in total. The molecule has 0 aliphatic heterocycles. The molecule has 0 aliphatic carbocycles. The maximum absolute atomic E-state index is 13.2. The summed E-state index contributed by atoms with van der Waals surface area (Å²) >= 11 is 2.84. The fourth-order valence-corrected chi connectivity index (χ4v) is 6.74. The number of nitrogens with zero attached hydrogens (tertiary/aromatic N) is 1. The fraction of sp³-hybridized carbons (Fsp3) is 0.690. The molecule has 0 fully saturated rings. The summed E-state index contributed by atoms with van der Waals surface area (Å²) in [7, 11) is 0. The van der Waals surface area contributed by atoms with Crippen molar-refractivity contribution in [3.05, 3.63) is 18.2 Å². The minimum Gasteiger partial charge on any atom is -0.480 e. The van der Waals surface area contributed by atoms with Crippen molar-refractivity contribution in [1.82, 2.24) is 4.98 Å². The Balaban J connectivity index is 2.00. The van der Waals surface area contributed by atoms with Gasteiger partial charge in [0.05, 0.1) is 10.2 Å². The van der Waals surface area contributed by atoms with Gasteiger partial charge in [-0.2, -0.15) is 0 Å². The molecule has 7 heteroatoms. The second-order valence-corrected chi connectivity index (χ2v) is 12.3. The summed E-state index contributed by atoms with van der Waals surface area (Å²) in [6.45, 7) is 6.52. The first kappa shape index (κ1) is 30.6. The number of hydrogen-bond acceptors (Lipinski definition) is 5. The molecular weight excluding hydrogens is 488 g/mol. The summed E-state index contributed by atoms with van der Waals surface area (Å²) in [4.78, 5) is 29.5. The van der Waals surface area contributed by atoms with Gasteiger partial charge >= 0.3 is 5.97 Å². The van der Waals surface area contributed by atoms with Crippen molar-refractivity contribution in [3.8, 4) is 0 Å². The smallest absolute Gasteiger partial charge is 0.317 e. The van der Waals surface area contributed by atoms with E-state index in [1.54, 1.807) is 0 Å². The molecular formula is C29H46N2O3S2. The number of thiazole rings is 1. The number of carboxylic acid groups (broad SMARTS) is 1. The Kier molecular flexibility index (Phi) is 15.1. The van der Waals surface area contributed by atoms with Gasteiger partial charge in [0.15, 0.2) is 4.34 Å². The Bertz CT molecular complexity index is 915. The first-order valence-corrected chi connectivity index (χ1v) is 15.8. The van der Waals surface area contributed by atoms with E-state index in [1.807, 2.05) is 18.2 Å². The minimum absolute atomic E-state index is 0.0613. The third-order valence-corrected chi connectivity index (χ3v) is 9.02. The largest absolute Gasteiger partial charge is 0.480 e. The summed E-state index contributed by atoms with van der Waals surface area (Å²) in [6.07, 6.45) is 16.6. The Morgan fingerprint density at radius 2 is 1.50 bits per heavy atom. The number of benzene rings is 1. The standard InChI is InChI=1S/C29H46N2O3S2/c1-4-7-10-12-13-15-17-22(16-14-11-8-5-2)27(32)30-23-19-20-24-26(21-23)36-29(31-24)35-25(28(33)34)18-9-6-3/h19-22,25H,4-18H2,1-3H3,(H,30,32)(H,33,34). The molecule has 36 heavy (non-hydrogen) atoms. The highest BCUT2D eigenvalue weighted by Gasteiger charge is 2.21. The van der Waals surface area contributed by atoms with Crippen LogP contribution in [0.2, 0.25) is 0 Å². The normalized spacial score (nSPS) is 13.1. The molecule has 2 unspecified atom stereocenters. The highest BCUT2D eigenvalue weighted by molar-refractivity contribution is 8.02. The van der Waals surface area contributed by atoms with Crippen LogP contribution in [0.3, 0.4) is 0 Å².